The molecule has 0 rings (SSSR count). The first-order valence-electron chi connectivity index (χ1n) is 36.1. The maximum Gasteiger partial charge on any atom is 0.305 e. The summed E-state index contributed by atoms with van der Waals surface area (Å²) in [4.78, 5) is 24.6. The van der Waals surface area contributed by atoms with Crippen molar-refractivity contribution in [1.82, 2.24) is 5.32 Å². The Morgan fingerprint density at radius 2 is 0.642 bits per heavy atom. The van der Waals surface area contributed by atoms with E-state index in [1.807, 2.05) is 6.08 Å². The number of hydrogen-bond acceptors (Lipinski definition) is 5. The number of allylic oxidation sites excluding steroid dienone is 9. The third kappa shape index (κ3) is 66.6. The summed E-state index contributed by atoms with van der Waals surface area (Å²) in [6.07, 6.45) is 93.1. The predicted octanol–water partition coefficient (Wildman–Crippen LogP) is 23.4. The Hall–Kier alpha value is -2.44. The minimum Gasteiger partial charge on any atom is -0.466 e. The van der Waals surface area contributed by atoms with Gasteiger partial charge in [-0.2, -0.15) is 0 Å². The number of ether oxygens (including phenoxy) is 1. The number of unbranched alkanes of at least 4 members (excludes halogenated alkanes) is 48. The lowest BCUT2D eigenvalue weighted by Gasteiger charge is -2.20. The van der Waals surface area contributed by atoms with E-state index in [-0.39, 0.29) is 18.5 Å². The summed E-state index contributed by atoms with van der Waals surface area (Å²) in [7, 11) is 0. The molecule has 0 aromatic carbocycles. The van der Waals surface area contributed by atoms with E-state index in [1.165, 1.54) is 295 Å². The second kappa shape index (κ2) is 70.0. The van der Waals surface area contributed by atoms with E-state index in [4.69, 9.17) is 4.74 Å². The summed E-state index contributed by atoms with van der Waals surface area (Å²) in [5.74, 6) is -0.0672. The van der Waals surface area contributed by atoms with Gasteiger partial charge < -0.3 is 20.3 Å². The van der Waals surface area contributed by atoms with Crippen LogP contribution in [0.5, 0.6) is 0 Å². The highest BCUT2D eigenvalue weighted by molar-refractivity contribution is 5.76. The van der Waals surface area contributed by atoms with Crippen molar-refractivity contribution in [2.24, 2.45) is 0 Å². The fraction of sp³-hybridized carbons (Fsp3) is 0.840. The highest BCUT2D eigenvalue weighted by Crippen LogP contribution is 2.18. The fourth-order valence-electron chi connectivity index (χ4n) is 11.0. The molecule has 0 heterocycles. The van der Waals surface area contributed by atoms with Gasteiger partial charge in [0.15, 0.2) is 0 Å². The number of carbonyl (C=O) groups excluding carboxylic acids is 2. The van der Waals surface area contributed by atoms with Crippen LogP contribution in [0.2, 0.25) is 0 Å². The number of aliphatic hydroxyl groups excluding tert-OH is 2. The molecule has 0 bridgehead atoms. The number of amides is 1. The Bertz CT molecular complexity index is 1400. The number of aliphatic hydroxyl groups is 2. The number of carbonyl (C=O) groups is 2. The number of nitrogens with one attached hydrogen (secondary N) is 1. The molecular formula is C75H139NO5. The molecule has 0 spiro atoms. The summed E-state index contributed by atoms with van der Waals surface area (Å²) in [5, 5.41) is 23.2. The molecule has 6 heteroatoms. The highest BCUT2D eigenvalue weighted by Gasteiger charge is 2.18. The minimum absolute atomic E-state index is 0.00268. The molecule has 1 amide bonds. The van der Waals surface area contributed by atoms with Gasteiger partial charge in [-0.1, -0.05) is 338 Å². The quantitative estimate of drug-likeness (QED) is 0.0320. The Morgan fingerprint density at radius 3 is 0.988 bits per heavy atom. The van der Waals surface area contributed by atoms with Gasteiger partial charge in [0.1, 0.15) is 0 Å². The lowest BCUT2D eigenvalue weighted by molar-refractivity contribution is -0.143. The molecule has 0 saturated carbocycles. The first-order chi connectivity index (χ1) is 40.0. The number of rotatable bonds is 67. The van der Waals surface area contributed by atoms with Crippen molar-refractivity contribution < 1.29 is 24.5 Å². The molecule has 0 aliphatic heterocycles. The van der Waals surface area contributed by atoms with Crippen molar-refractivity contribution in [3.05, 3.63) is 60.8 Å². The van der Waals surface area contributed by atoms with Gasteiger partial charge in [-0.05, 0) is 89.9 Å². The average Bonchev–Trinajstić information content (AvgIpc) is 3.47. The molecule has 81 heavy (non-hydrogen) atoms. The zero-order valence-corrected chi connectivity index (χ0v) is 54.3. The molecule has 0 aromatic heterocycles. The van der Waals surface area contributed by atoms with Crippen molar-refractivity contribution in [3.63, 3.8) is 0 Å². The molecule has 0 aliphatic carbocycles. The predicted molar refractivity (Wildman–Crippen MR) is 356 cm³/mol. The standard InChI is InChI=1S/C75H139NO5/c1-3-5-7-9-11-13-15-17-18-19-20-34-37-40-44-47-51-55-59-63-67-73(78)72(71-77)76-74(79)68-64-60-56-52-48-45-41-38-35-32-30-28-26-24-22-21-23-25-27-29-31-33-36-39-42-46-50-54-58-62-66-70-81-75(80)69-65-61-57-53-49-43-16-14-12-10-8-6-4-2/h8,10,14,16,23,25,29,31,63,67,72-73,77-78H,3-7,9,11-13,15,17-22,24,26-28,30,32-62,64-66,68-71H2,1-2H3,(H,76,79)/b10-8-,16-14-,25-23-,31-29-,67-63+. The van der Waals surface area contributed by atoms with Crippen molar-refractivity contribution in [1.29, 1.82) is 0 Å². The maximum absolute atomic E-state index is 12.5. The van der Waals surface area contributed by atoms with Crippen LogP contribution in [0.25, 0.3) is 0 Å². The van der Waals surface area contributed by atoms with Gasteiger partial charge in [-0.15, -0.1) is 0 Å². The van der Waals surface area contributed by atoms with Gasteiger partial charge in [-0.25, -0.2) is 0 Å². The second-order valence-electron chi connectivity index (χ2n) is 24.6. The molecule has 2 atom stereocenters. The van der Waals surface area contributed by atoms with Crippen molar-refractivity contribution in [2.45, 2.75) is 392 Å². The minimum atomic E-state index is -0.846. The SMILES string of the molecule is CCC/C=C\C/C=C\CCCCCCCC(=O)OCCCCCCCCCCC/C=C\C/C=C\CCCCCCCCCCCCCCCCCC(=O)NC(CO)C(O)/C=C/CCCCCCCCCCCCCCCCCCCC. The number of hydrogen-bond donors (Lipinski definition) is 3. The number of esters is 1. The van der Waals surface area contributed by atoms with Crippen LogP contribution in [0, 0.1) is 0 Å². The molecule has 6 nitrogen and oxygen atoms in total. The molecule has 2 unspecified atom stereocenters. The average molecular weight is 1130 g/mol. The van der Waals surface area contributed by atoms with Crippen LogP contribution < -0.4 is 5.32 Å². The van der Waals surface area contributed by atoms with E-state index in [0.717, 1.165) is 57.8 Å². The first kappa shape index (κ1) is 78.6. The van der Waals surface area contributed by atoms with Crippen molar-refractivity contribution >= 4 is 11.9 Å². The largest absolute Gasteiger partial charge is 0.466 e. The lowest BCUT2D eigenvalue weighted by Crippen LogP contribution is -2.45. The van der Waals surface area contributed by atoms with Crippen LogP contribution in [-0.4, -0.2) is 47.4 Å². The third-order valence-electron chi connectivity index (χ3n) is 16.5. The smallest absolute Gasteiger partial charge is 0.305 e. The zero-order valence-electron chi connectivity index (χ0n) is 54.3. The van der Waals surface area contributed by atoms with Crippen LogP contribution in [0.4, 0.5) is 0 Å². The second-order valence-corrected chi connectivity index (χ2v) is 24.6. The molecule has 0 aliphatic rings. The summed E-state index contributed by atoms with van der Waals surface area (Å²) in [6.45, 7) is 4.86. The molecule has 0 aromatic rings. The van der Waals surface area contributed by atoms with E-state index in [0.29, 0.717) is 19.4 Å². The summed E-state index contributed by atoms with van der Waals surface area (Å²) in [6, 6.07) is -0.629. The van der Waals surface area contributed by atoms with E-state index in [9.17, 15) is 19.8 Å². The Labute approximate surface area is 505 Å². The molecule has 3 N–H and O–H groups in total. The van der Waals surface area contributed by atoms with E-state index >= 15 is 0 Å². The summed E-state index contributed by atoms with van der Waals surface area (Å²) < 4.78 is 5.47. The Kier molecular flexibility index (Phi) is 67.9. The van der Waals surface area contributed by atoms with Crippen LogP contribution in [0.1, 0.15) is 380 Å². The van der Waals surface area contributed by atoms with E-state index < -0.39 is 12.1 Å². The third-order valence-corrected chi connectivity index (χ3v) is 16.5. The molecule has 0 radical (unpaired) electrons. The normalized spacial score (nSPS) is 12.9. The fourth-order valence-corrected chi connectivity index (χ4v) is 11.0. The molecule has 0 fully saturated rings. The monoisotopic (exact) mass is 1130 g/mol. The lowest BCUT2D eigenvalue weighted by atomic mass is 10.0. The molecule has 0 saturated heterocycles. The zero-order chi connectivity index (χ0) is 58.5. The van der Waals surface area contributed by atoms with Crippen LogP contribution in [0.3, 0.4) is 0 Å². The topological polar surface area (TPSA) is 95.9 Å². The first-order valence-corrected chi connectivity index (χ1v) is 36.1. The molecule has 474 valence electrons. The van der Waals surface area contributed by atoms with Gasteiger partial charge in [0, 0.05) is 12.8 Å². The van der Waals surface area contributed by atoms with Gasteiger partial charge in [0.2, 0.25) is 5.91 Å². The summed E-state index contributed by atoms with van der Waals surface area (Å²) in [5.41, 5.74) is 0. The summed E-state index contributed by atoms with van der Waals surface area (Å²) >= 11 is 0. The van der Waals surface area contributed by atoms with Gasteiger partial charge in [0.25, 0.3) is 0 Å². The van der Waals surface area contributed by atoms with Crippen LogP contribution in [0.15, 0.2) is 60.8 Å². The molecular weight excluding hydrogens is 995 g/mol. The van der Waals surface area contributed by atoms with E-state index in [2.05, 4.69) is 67.8 Å². The maximum atomic E-state index is 12.5. The van der Waals surface area contributed by atoms with Crippen LogP contribution >= 0.6 is 0 Å². The van der Waals surface area contributed by atoms with Crippen molar-refractivity contribution in [3.8, 4) is 0 Å². The van der Waals surface area contributed by atoms with Gasteiger partial charge in [-0.3, -0.25) is 9.59 Å². The van der Waals surface area contributed by atoms with E-state index in [1.54, 1.807) is 6.08 Å². The van der Waals surface area contributed by atoms with Gasteiger partial charge in [0.05, 0.1) is 25.4 Å². The van der Waals surface area contributed by atoms with Crippen molar-refractivity contribution in [2.75, 3.05) is 13.2 Å². The van der Waals surface area contributed by atoms with Crippen LogP contribution in [-0.2, 0) is 14.3 Å². The Balaban J connectivity index is 3.43. The van der Waals surface area contributed by atoms with Gasteiger partial charge >= 0.3 is 5.97 Å². The Morgan fingerprint density at radius 1 is 0.346 bits per heavy atom. The highest BCUT2D eigenvalue weighted by atomic mass is 16.5.